The molecule has 0 bridgehead atoms. The molecule has 3 N–H and O–H groups in total. The molecule has 2 heterocycles. The molecule has 2 aromatic heterocycles. The molecule has 0 radical (unpaired) electrons. The van der Waals surface area contributed by atoms with Gasteiger partial charge in [-0.05, 0) is 12.1 Å². The minimum Gasteiger partial charge on any atom is -0.501 e. The Labute approximate surface area is 123 Å². The van der Waals surface area contributed by atoms with Crippen molar-refractivity contribution in [3.8, 4) is 22.3 Å². The lowest BCUT2D eigenvalue weighted by molar-refractivity contribution is 0.102. The first-order valence-corrected chi connectivity index (χ1v) is 6.85. The monoisotopic (exact) mass is 302 g/mol. The van der Waals surface area contributed by atoms with E-state index in [0.717, 1.165) is 0 Å². The Bertz CT molecular complexity index is 766. The summed E-state index contributed by atoms with van der Waals surface area (Å²) in [5.74, 6) is -1.62. The van der Waals surface area contributed by atoms with Crippen LogP contribution in [-0.2, 0) is 0 Å². The number of hydrogen-bond donors (Lipinski definition) is 3. The van der Waals surface area contributed by atoms with Gasteiger partial charge in [-0.3, -0.25) is 10.1 Å². The predicted molar refractivity (Wildman–Crippen MR) is 77.5 cm³/mol. The van der Waals surface area contributed by atoms with Gasteiger partial charge in [-0.25, -0.2) is 4.98 Å². The number of thiazole rings is 1. The molecule has 0 atom stereocenters. The van der Waals surface area contributed by atoms with E-state index in [4.69, 9.17) is 4.42 Å². The molecule has 1 aromatic carbocycles. The molecule has 0 unspecified atom stereocenters. The van der Waals surface area contributed by atoms with Gasteiger partial charge in [-0.2, -0.15) is 0 Å². The van der Waals surface area contributed by atoms with E-state index in [1.807, 2.05) is 0 Å². The molecule has 0 saturated heterocycles. The number of anilines is 1. The van der Waals surface area contributed by atoms with E-state index in [2.05, 4.69) is 10.3 Å². The first-order chi connectivity index (χ1) is 10.2. The van der Waals surface area contributed by atoms with Gasteiger partial charge in [-0.15, -0.1) is 11.3 Å². The maximum Gasteiger partial charge on any atom is 0.258 e. The summed E-state index contributed by atoms with van der Waals surface area (Å²) in [5.41, 5.74) is 0.406. The quantitative estimate of drug-likeness (QED) is 0.691. The highest BCUT2D eigenvalue weighted by molar-refractivity contribution is 7.13. The molecule has 6 nitrogen and oxygen atoms in total. The second-order valence-corrected chi connectivity index (χ2v) is 5.01. The summed E-state index contributed by atoms with van der Waals surface area (Å²) in [6, 6.07) is 8.46. The third-order valence-electron chi connectivity index (χ3n) is 2.75. The molecule has 3 rings (SSSR count). The lowest BCUT2D eigenvalue weighted by Crippen LogP contribution is -2.10. The second-order valence-electron chi connectivity index (χ2n) is 4.11. The molecular weight excluding hydrogens is 292 g/mol. The van der Waals surface area contributed by atoms with Gasteiger partial charge in [0.05, 0.1) is 0 Å². The van der Waals surface area contributed by atoms with E-state index >= 15 is 0 Å². The van der Waals surface area contributed by atoms with E-state index in [1.165, 1.54) is 11.3 Å². The van der Waals surface area contributed by atoms with Gasteiger partial charge in [0, 0.05) is 17.1 Å². The van der Waals surface area contributed by atoms with Crippen molar-refractivity contribution < 1.29 is 19.4 Å². The highest BCUT2D eigenvalue weighted by atomic mass is 32.1. The van der Waals surface area contributed by atoms with E-state index in [-0.39, 0.29) is 11.6 Å². The topological polar surface area (TPSA) is 95.6 Å². The predicted octanol–water partition coefficient (Wildman–Crippen LogP) is 3.07. The fraction of sp³-hybridized carbons (Fsp3) is 0. The highest BCUT2D eigenvalue weighted by Crippen LogP contribution is 2.45. The fourth-order valence-electron chi connectivity index (χ4n) is 1.74. The molecule has 0 fully saturated rings. The van der Waals surface area contributed by atoms with Crippen LogP contribution in [-0.4, -0.2) is 21.1 Å². The summed E-state index contributed by atoms with van der Waals surface area (Å²) in [5, 5.41) is 24.2. The molecule has 0 aliphatic carbocycles. The van der Waals surface area contributed by atoms with Crippen LogP contribution in [0.3, 0.4) is 0 Å². The van der Waals surface area contributed by atoms with Gasteiger partial charge in [-0.1, -0.05) is 18.2 Å². The molecule has 0 aliphatic heterocycles. The van der Waals surface area contributed by atoms with E-state index in [1.54, 1.807) is 41.9 Å². The zero-order chi connectivity index (χ0) is 14.8. The van der Waals surface area contributed by atoms with Crippen molar-refractivity contribution in [3.63, 3.8) is 0 Å². The van der Waals surface area contributed by atoms with Crippen LogP contribution in [0.2, 0.25) is 0 Å². The Morgan fingerprint density at radius 1 is 1.19 bits per heavy atom. The van der Waals surface area contributed by atoms with Gasteiger partial charge < -0.3 is 14.6 Å². The summed E-state index contributed by atoms with van der Waals surface area (Å²) in [7, 11) is 0. The van der Waals surface area contributed by atoms with Crippen molar-refractivity contribution in [1.82, 2.24) is 4.98 Å². The van der Waals surface area contributed by atoms with Gasteiger partial charge in [0.2, 0.25) is 23.1 Å². The Kier molecular flexibility index (Phi) is 3.33. The van der Waals surface area contributed by atoms with Crippen LogP contribution in [0.4, 0.5) is 5.88 Å². The average Bonchev–Trinajstić information content (AvgIpc) is 3.12. The van der Waals surface area contributed by atoms with Crippen LogP contribution in [0.1, 0.15) is 10.4 Å². The van der Waals surface area contributed by atoms with Gasteiger partial charge in [0.1, 0.15) is 0 Å². The Hall–Kier alpha value is -2.80. The maximum atomic E-state index is 12.0. The number of carbonyl (C=O) groups is 1. The van der Waals surface area contributed by atoms with Crippen LogP contribution in [0.25, 0.3) is 10.8 Å². The fourth-order valence-corrected chi connectivity index (χ4v) is 2.36. The summed E-state index contributed by atoms with van der Waals surface area (Å²) in [6.07, 6.45) is 1.54. The number of amides is 1. The summed E-state index contributed by atoms with van der Waals surface area (Å²) in [6.45, 7) is 0. The first kappa shape index (κ1) is 13.2. The second kappa shape index (κ2) is 5.29. The molecule has 0 aliphatic rings. The van der Waals surface area contributed by atoms with Gasteiger partial charge in [0.25, 0.3) is 5.91 Å². The van der Waals surface area contributed by atoms with Gasteiger partial charge >= 0.3 is 0 Å². The van der Waals surface area contributed by atoms with Crippen molar-refractivity contribution in [2.24, 2.45) is 0 Å². The van der Waals surface area contributed by atoms with E-state index < -0.39 is 17.4 Å². The lowest BCUT2D eigenvalue weighted by atomic mass is 10.2. The number of nitrogens with zero attached hydrogens (tertiary/aromatic N) is 1. The number of nitrogens with one attached hydrogen (secondary N) is 1. The average molecular weight is 302 g/mol. The van der Waals surface area contributed by atoms with Crippen molar-refractivity contribution in [1.29, 1.82) is 0 Å². The number of rotatable bonds is 3. The molecule has 106 valence electrons. The Morgan fingerprint density at radius 3 is 2.62 bits per heavy atom. The van der Waals surface area contributed by atoms with Crippen molar-refractivity contribution >= 4 is 23.1 Å². The minimum atomic E-state index is -0.524. The third-order valence-corrected chi connectivity index (χ3v) is 3.52. The van der Waals surface area contributed by atoms with Crippen LogP contribution in [0, 0.1) is 0 Å². The summed E-state index contributed by atoms with van der Waals surface area (Å²) < 4.78 is 5.30. The Morgan fingerprint density at radius 2 is 1.95 bits per heavy atom. The molecule has 1 amide bonds. The number of furan rings is 1. The van der Waals surface area contributed by atoms with Crippen LogP contribution in [0.15, 0.2) is 46.3 Å². The summed E-state index contributed by atoms with van der Waals surface area (Å²) in [4.78, 5) is 16.0. The normalized spacial score (nSPS) is 10.5. The lowest BCUT2D eigenvalue weighted by Gasteiger charge is -2.01. The van der Waals surface area contributed by atoms with Crippen molar-refractivity contribution in [2.75, 3.05) is 5.32 Å². The zero-order valence-electron chi connectivity index (χ0n) is 10.6. The molecule has 0 saturated carbocycles. The summed E-state index contributed by atoms with van der Waals surface area (Å²) >= 11 is 1.24. The zero-order valence-corrected chi connectivity index (χ0v) is 11.4. The SMILES string of the molecule is O=C(Nc1oc(-c2nccs2)c(O)c1O)c1ccccc1. The molecule has 0 spiro atoms. The van der Waals surface area contributed by atoms with Crippen LogP contribution < -0.4 is 5.32 Å². The maximum absolute atomic E-state index is 12.0. The Balaban J connectivity index is 1.90. The van der Waals surface area contributed by atoms with Crippen molar-refractivity contribution in [3.05, 3.63) is 47.5 Å². The number of aromatic nitrogens is 1. The molecule has 3 aromatic rings. The molecule has 7 heteroatoms. The standard InChI is InChI=1S/C14H10N2O4S/c17-9-10(18)13(20-11(9)14-15-6-7-21-14)16-12(19)8-4-2-1-3-5-8/h1-7,17-18H,(H,16,19). The number of carbonyl (C=O) groups excluding carboxylic acids is 1. The smallest absolute Gasteiger partial charge is 0.258 e. The molecular formula is C14H10N2O4S. The largest absolute Gasteiger partial charge is 0.501 e. The van der Waals surface area contributed by atoms with E-state index in [9.17, 15) is 15.0 Å². The molecule has 21 heavy (non-hydrogen) atoms. The third kappa shape index (κ3) is 2.46. The number of benzene rings is 1. The van der Waals surface area contributed by atoms with Gasteiger partial charge in [0.15, 0.2) is 5.01 Å². The first-order valence-electron chi connectivity index (χ1n) is 5.98. The number of aromatic hydroxyl groups is 2. The minimum absolute atomic E-state index is 0.0193. The van der Waals surface area contributed by atoms with Crippen LogP contribution in [0.5, 0.6) is 11.5 Å². The van der Waals surface area contributed by atoms with E-state index in [0.29, 0.717) is 10.6 Å². The number of hydrogen-bond acceptors (Lipinski definition) is 6. The highest BCUT2D eigenvalue weighted by Gasteiger charge is 2.23. The van der Waals surface area contributed by atoms with Crippen molar-refractivity contribution in [2.45, 2.75) is 0 Å². The van der Waals surface area contributed by atoms with Crippen LogP contribution >= 0.6 is 11.3 Å².